The van der Waals surface area contributed by atoms with Crippen LogP contribution in [0.1, 0.15) is 43.6 Å². The van der Waals surface area contributed by atoms with E-state index in [0.29, 0.717) is 30.5 Å². The fourth-order valence-corrected chi connectivity index (χ4v) is 4.69. The Morgan fingerprint density at radius 1 is 1.25 bits per heavy atom. The predicted octanol–water partition coefficient (Wildman–Crippen LogP) is 3.05. The minimum absolute atomic E-state index is 0.121. The molecule has 1 atom stereocenters. The van der Waals surface area contributed by atoms with Crippen molar-refractivity contribution in [3.63, 3.8) is 0 Å². The van der Waals surface area contributed by atoms with E-state index in [2.05, 4.69) is 15.8 Å². The van der Waals surface area contributed by atoms with Crippen LogP contribution in [0.3, 0.4) is 0 Å². The second-order valence-corrected chi connectivity index (χ2v) is 9.30. The SMILES string of the molecule is CCOC(=O)CCC(C)NS(=O)(=O)c1ccc2c(c1)nc(Cc1ccc(C#N)cc1)n2C. The number of carbonyl (C=O) groups excluding carboxylic acids is 1. The number of hydrogen-bond donors (Lipinski definition) is 1. The van der Waals surface area contributed by atoms with Crippen molar-refractivity contribution in [2.24, 2.45) is 7.05 Å². The van der Waals surface area contributed by atoms with Crippen molar-refractivity contribution >= 4 is 27.0 Å². The number of fused-ring (bicyclic) bond motifs is 1. The number of sulfonamides is 1. The third kappa shape index (κ3) is 5.52. The zero-order valence-electron chi connectivity index (χ0n) is 18.3. The average Bonchev–Trinajstić information content (AvgIpc) is 3.07. The van der Waals surface area contributed by atoms with Crippen LogP contribution in [-0.4, -0.2) is 36.6 Å². The largest absolute Gasteiger partial charge is 0.466 e. The van der Waals surface area contributed by atoms with Crippen LogP contribution in [-0.2, 0) is 33.0 Å². The van der Waals surface area contributed by atoms with Crippen molar-refractivity contribution in [2.45, 2.75) is 44.0 Å². The summed E-state index contributed by atoms with van der Waals surface area (Å²) in [6, 6.07) is 13.8. The third-order valence-electron chi connectivity index (χ3n) is 5.14. The molecule has 8 nitrogen and oxygen atoms in total. The maximum Gasteiger partial charge on any atom is 0.305 e. The Balaban J connectivity index is 1.76. The van der Waals surface area contributed by atoms with Gasteiger partial charge in [-0.25, -0.2) is 18.1 Å². The molecule has 0 amide bonds. The predicted molar refractivity (Wildman–Crippen MR) is 120 cm³/mol. The van der Waals surface area contributed by atoms with Crippen LogP contribution in [0.2, 0.25) is 0 Å². The normalized spacial score (nSPS) is 12.4. The molecule has 0 aliphatic rings. The number of esters is 1. The van der Waals surface area contributed by atoms with Crippen LogP contribution in [0.15, 0.2) is 47.4 Å². The number of carbonyl (C=O) groups is 1. The summed E-state index contributed by atoms with van der Waals surface area (Å²) in [7, 11) is -1.88. The van der Waals surface area contributed by atoms with Crippen molar-refractivity contribution < 1.29 is 17.9 Å². The number of hydrogen-bond acceptors (Lipinski definition) is 6. The lowest BCUT2D eigenvalue weighted by Gasteiger charge is -2.14. The summed E-state index contributed by atoms with van der Waals surface area (Å²) in [6.45, 7) is 3.75. The first-order valence-electron chi connectivity index (χ1n) is 10.4. The van der Waals surface area contributed by atoms with E-state index in [1.165, 1.54) is 0 Å². The molecular formula is C23H26N4O4S. The van der Waals surface area contributed by atoms with Crippen LogP contribution >= 0.6 is 0 Å². The second kappa shape index (κ2) is 9.94. The van der Waals surface area contributed by atoms with Gasteiger partial charge in [-0.2, -0.15) is 5.26 Å². The highest BCUT2D eigenvalue weighted by atomic mass is 32.2. The Morgan fingerprint density at radius 2 is 1.97 bits per heavy atom. The van der Waals surface area contributed by atoms with Crippen molar-refractivity contribution in [3.8, 4) is 6.07 Å². The van der Waals surface area contributed by atoms with E-state index in [4.69, 9.17) is 10.00 Å². The minimum Gasteiger partial charge on any atom is -0.466 e. The lowest BCUT2D eigenvalue weighted by atomic mass is 10.1. The van der Waals surface area contributed by atoms with Crippen molar-refractivity contribution in [3.05, 3.63) is 59.4 Å². The van der Waals surface area contributed by atoms with Crippen LogP contribution in [0.5, 0.6) is 0 Å². The van der Waals surface area contributed by atoms with Gasteiger partial charge < -0.3 is 9.30 Å². The molecule has 0 bridgehead atoms. The molecule has 0 fully saturated rings. The molecule has 0 saturated carbocycles. The number of benzene rings is 2. The molecule has 32 heavy (non-hydrogen) atoms. The Morgan fingerprint density at radius 3 is 2.62 bits per heavy atom. The number of aryl methyl sites for hydroxylation is 1. The number of nitrogens with one attached hydrogen (secondary N) is 1. The van der Waals surface area contributed by atoms with E-state index in [-0.39, 0.29) is 17.3 Å². The van der Waals surface area contributed by atoms with Gasteiger partial charge >= 0.3 is 5.97 Å². The highest BCUT2D eigenvalue weighted by Gasteiger charge is 2.20. The van der Waals surface area contributed by atoms with Gasteiger partial charge in [0.2, 0.25) is 10.0 Å². The number of imidazole rings is 1. The molecule has 2 aromatic carbocycles. The number of nitrogens with zero attached hydrogens (tertiary/aromatic N) is 3. The molecule has 0 spiro atoms. The highest BCUT2D eigenvalue weighted by molar-refractivity contribution is 7.89. The fourth-order valence-electron chi connectivity index (χ4n) is 3.39. The number of rotatable bonds is 9. The lowest BCUT2D eigenvalue weighted by molar-refractivity contribution is -0.143. The summed E-state index contributed by atoms with van der Waals surface area (Å²) in [5.74, 6) is 0.443. The third-order valence-corrected chi connectivity index (χ3v) is 6.73. The number of aromatic nitrogens is 2. The maximum absolute atomic E-state index is 12.8. The monoisotopic (exact) mass is 454 g/mol. The van der Waals surface area contributed by atoms with E-state index in [0.717, 1.165) is 16.9 Å². The molecule has 3 aromatic rings. The molecule has 0 aliphatic heterocycles. The van der Waals surface area contributed by atoms with Gasteiger partial charge in [0.25, 0.3) is 0 Å². The van der Waals surface area contributed by atoms with Gasteiger partial charge in [0, 0.05) is 25.9 Å². The van der Waals surface area contributed by atoms with Crippen LogP contribution in [0, 0.1) is 11.3 Å². The standard InChI is InChI=1S/C23H26N4O4S/c1-4-31-23(28)12-5-16(2)26-32(29,30)19-10-11-21-20(14-19)25-22(27(21)3)13-17-6-8-18(15-24)9-7-17/h6-11,14,16,26H,4-5,12-13H2,1-3H3. The lowest BCUT2D eigenvalue weighted by Crippen LogP contribution is -2.33. The van der Waals surface area contributed by atoms with E-state index in [1.54, 1.807) is 44.2 Å². The molecule has 168 valence electrons. The molecule has 0 radical (unpaired) electrons. The van der Waals surface area contributed by atoms with Gasteiger partial charge in [0.05, 0.1) is 34.2 Å². The zero-order chi connectivity index (χ0) is 23.3. The molecule has 1 aromatic heterocycles. The number of ether oxygens (including phenoxy) is 1. The van der Waals surface area contributed by atoms with E-state index in [1.807, 2.05) is 23.7 Å². The summed E-state index contributed by atoms with van der Waals surface area (Å²) >= 11 is 0. The first-order valence-corrected chi connectivity index (χ1v) is 11.8. The van der Waals surface area contributed by atoms with Crippen molar-refractivity contribution in [1.82, 2.24) is 14.3 Å². The van der Waals surface area contributed by atoms with E-state index in [9.17, 15) is 13.2 Å². The minimum atomic E-state index is -3.76. The van der Waals surface area contributed by atoms with Gasteiger partial charge in [-0.1, -0.05) is 12.1 Å². The Labute approximate surface area is 187 Å². The smallest absolute Gasteiger partial charge is 0.305 e. The quantitative estimate of drug-likeness (QED) is 0.497. The second-order valence-electron chi connectivity index (χ2n) is 7.59. The summed E-state index contributed by atoms with van der Waals surface area (Å²) < 4.78 is 35.0. The Hall–Kier alpha value is -3.22. The molecule has 3 rings (SSSR count). The van der Waals surface area contributed by atoms with E-state index < -0.39 is 16.1 Å². The molecular weight excluding hydrogens is 428 g/mol. The summed E-state index contributed by atoms with van der Waals surface area (Å²) in [5, 5.41) is 8.94. The van der Waals surface area contributed by atoms with Crippen molar-refractivity contribution in [2.75, 3.05) is 6.61 Å². The Kier molecular flexibility index (Phi) is 7.28. The molecule has 0 aliphatic carbocycles. The maximum atomic E-state index is 12.8. The average molecular weight is 455 g/mol. The summed E-state index contributed by atoms with van der Waals surface area (Å²) in [4.78, 5) is 16.3. The molecule has 1 unspecified atom stereocenters. The van der Waals surface area contributed by atoms with Crippen LogP contribution in [0.4, 0.5) is 0 Å². The van der Waals surface area contributed by atoms with Gasteiger partial charge in [0.1, 0.15) is 5.82 Å². The van der Waals surface area contributed by atoms with Gasteiger partial charge in [-0.05, 0) is 56.2 Å². The number of nitriles is 1. The van der Waals surface area contributed by atoms with Crippen LogP contribution < -0.4 is 4.72 Å². The van der Waals surface area contributed by atoms with Gasteiger partial charge in [0.15, 0.2) is 0 Å². The van der Waals surface area contributed by atoms with Gasteiger partial charge in [-0.3, -0.25) is 4.79 Å². The van der Waals surface area contributed by atoms with Gasteiger partial charge in [-0.15, -0.1) is 0 Å². The molecule has 1 N–H and O–H groups in total. The Bertz CT molecular complexity index is 1260. The summed E-state index contributed by atoms with van der Waals surface area (Å²) in [6.07, 6.45) is 1.05. The first-order chi connectivity index (χ1) is 15.2. The topological polar surface area (TPSA) is 114 Å². The van der Waals surface area contributed by atoms with Crippen LogP contribution in [0.25, 0.3) is 11.0 Å². The molecule has 1 heterocycles. The first kappa shape index (κ1) is 23.4. The van der Waals surface area contributed by atoms with E-state index >= 15 is 0 Å². The zero-order valence-corrected chi connectivity index (χ0v) is 19.1. The van der Waals surface area contributed by atoms with Crippen molar-refractivity contribution in [1.29, 1.82) is 5.26 Å². The molecule has 9 heteroatoms. The summed E-state index contributed by atoms with van der Waals surface area (Å²) in [5.41, 5.74) is 3.01. The highest BCUT2D eigenvalue weighted by Crippen LogP contribution is 2.22. The molecule has 0 saturated heterocycles. The fraction of sp³-hybridized carbons (Fsp3) is 0.348.